The first-order valence-corrected chi connectivity index (χ1v) is 8.86. The number of aromatic nitrogens is 3. The zero-order valence-electron chi connectivity index (χ0n) is 14.6. The number of hydrogen-bond acceptors (Lipinski definition) is 3. The average Bonchev–Trinajstić information content (AvgIpc) is 3.23. The Balaban J connectivity index is 1.75. The van der Waals surface area contributed by atoms with Gasteiger partial charge < -0.3 is 5.32 Å². The van der Waals surface area contributed by atoms with Gasteiger partial charge in [0.2, 0.25) is 0 Å². The summed E-state index contributed by atoms with van der Waals surface area (Å²) in [7, 11) is 0. The SMILES string of the molecule is Cc1nn2c(C)c(C(=O)NC3CCCC3)cnc2c1-c1ccccc1. The molecule has 5 nitrogen and oxygen atoms in total. The standard InChI is InChI=1S/C20H22N4O/c1-13-18(15-8-4-3-5-9-15)19-21-12-17(14(2)24(19)23-13)20(25)22-16-10-6-7-11-16/h3-5,8-9,12,16H,6-7,10-11H2,1-2H3,(H,22,25). The lowest BCUT2D eigenvalue weighted by atomic mass is 10.1. The van der Waals surface area contributed by atoms with Gasteiger partial charge >= 0.3 is 0 Å². The highest BCUT2D eigenvalue weighted by molar-refractivity contribution is 5.95. The van der Waals surface area contributed by atoms with Crippen molar-refractivity contribution in [2.45, 2.75) is 45.6 Å². The van der Waals surface area contributed by atoms with Crippen molar-refractivity contribution in [3.05, 3.63) is 53.5 Å². The molecule has 0 aliphatic heterocycles. The van der Waals surface area contributed by atoms with Crippen LogP contribution >= 0.6 is 0 Å². The number of carbonyl (C=O) groups excluding carboxylic acids is 1. The normalized spacial score (nSPS) is 15.0. The summed E-state index contributed by atoms with van der Waals surface area (Å²) in [5.41, 5.74) is 5.23. The zero-order chi connectivity index (χ0) is 17.4. The first kappa shape index (κ1) is 15.8. The van der Waals surface area contributed by atoms with E-state index in [-0.39, 0.29) is 5.91 Å². The molecule has 1 N–H and O–H groups in total. The quantitative estimate of drug-likeness (QED) is 0.795. The molecule has 0 unspecified atom stereocenters. The number of hydrogen-bond donors (Lipinski definition) is 1. The number of fused-ring (bicyclic) bond motifs is 1. The van der Waals surface area contributed by atoms with Gasteiger partial charge in [-0.1, -0.05) is 43.2 Å². The first-order chi connectivity index (χ1) is 12.1. The maximum atomic E-state index is 12.6. The van der Waals surface area contributed by atoms with E-state index in [1.54, 1.807) is 10.7 Å². The second kappa shape index (κ2) is 6.31. The lowest BCUT2D eigenvalue weighted by Gasteiger charge is -2.13. The summed E-state index contributed by atoms with van der Waals surface area (Å²) < 4.78 is 1.79. The van der Waals surface area contributed by atoms with Gasteiger partial charge in [-0.15, -0.1) is 0 Å². The third-order valence-electron chi connectivity index (χ3n) is 5.06. The molecule has 1 fully saturated rings. The monoisotopic (exact) mass is 334 g/mol. The topological polar surface area (TPSA) is 59.3 Å². The van der Waals surface area contributed by atoms with Crippen molar-refractivity contribution < 1.29 is 4.79 Å². The van der Waals surface area contributed by atoms with E-state index in [0.29, 0.717) is 11.6 Å². The summed E-state index contributed by atoms with van der Waals surface area (Å²) in [6.07, 6.45) is 6.21. The molecule has 4 rings (SSSR count). The van der Waals surface area contributed by atoms with E-state index in [9.17, 15) is 4.79 Å². The van der Waals surface area contributed by atoms with Crippen LogP contribution in [0.3, 0.4) is 0 Å². The van der Waals surface area contributed by atoms with Crippen LogP contribution in [0.2, 0.25) is 0 Å². The molecular weight excluding hydrogens is 312 g/mol. The van der Waals surface area contributed by atoms with Crippen molar-refractivity contribution in [3.8, 4) is 11.1 Å². The van der Waals surface area contributed by atoms with E-state index in [1.165, 1.54) is 12.8 Å². The Morgan fingerprint density at radius 2 is 1.88 bits per heavy atom. The molecule has 1 aliphatic rings. The minimum atomic E-state index is -0.0479. The minimum Gasteiger partial charge on any atom is -0.349 e. The number of nitrogens with zero attached hydrogens (tertiary/aromatic N) is 3. The van der Waals surface area contributed by atoms with E-state index >= 15 is 0 Å². The second-order valence-corrected chi connectivity index (χ2v) is 6.77. The highest BCUT2D eigenvalue weighted by Crippen LogP contribution is 2.28. The smallest absolute Gasteiger partial charge is 0.254 e. The van der Waals surface area contributed by atoms with Gasteiger partial charge in [-0.05, 0) is 32.3 Å². The van der Waals surface area contributed by atoms with Gasteiger partial charge in [0.25, 0.3) is 5.91 Å². The fourth-order valence-electron chi connectivity index (χ4n) is 3.70. The Morgan fingerprint density at radius 3 is 2.60 bits per heavy atom. The predicted molar refractivity (Wildman–Crippen MR) is 97.6 cm³/mol. The van der Waals surface area contributed by atoms with Crippen LogP contribution in [-0.4, -0.2) is 26.5 Å². The summed E-state index contributed by atoms with van der Waals surface area (Å²) >= 11 is 0. The van der Waals surface area contributed by atoms with Crippen LogP contribution in [0.15, 0.2) is 36.5 Å². The Bertz CT molecular complexity index is 924. The van der Waals surface area contributed by atoms with E-state index in [1.807, 2.05) is 32.0 Å². The maximum absolute atomic E-state index is 12.6. The summed E-state index contributed by atoms with van der Waals surface area (Å²) in [5, 5.41) is 7.77. The van der Waals surface area contributed by atoms with Crippen LogP contribution in [0.1, 0.15) is 47.4 Å². The summed E-state index contributed by atoms with van der Waals surface area (Å²) in [6, 6.07) is 10.4. The van der Waals surface area contributed by atoms with Crippen LogP contribution < -0.4 is 5.32 Å². The Labute approximate surface area is 147 Å². The number of amides is 1. The molecule has 0 spiro atoms. The number of aryl methyl sites for hydroxylation is 2. The summed E-state index contributed by atoms with van der Waals surface area (Å²) in [6.45, 7) is 3.91. The predicted octanol–water partition coefficient (Wildman–Crippen LogP) is 3.69. The molecule has 2 heterocycles. The third-order valence-corrected chi connectivity index (χ3v) is 5.06. The van der Waals surface area contributed by atoms with Gasteiger partial charge in [0.15, 0.2) is 5.65 Å². The van der Waals surface area contributed by atoms with Crippen molar-refractivity contribution in [2.24, 2.45) is 0 Å². The van der Waals surface area contributed by atoms with E-state index in [2.05, 4.69) is 27.5 Å². The van der Waals surface area contributed by atoms with Gasteiger partial charge in [-0.25, -0.2) is 9.50 Å². The van der Waals surface area contributed by atoms with Crippen LogP contribution in [-0.2, 0) is 0 Å². The van der Waals surface area contributed by atoms with Crippen LogP contribution in [0.4, 0.5) is 0 Å². The third kappa shape index (κ3) is 2.80. The highest BCUT2D eigenvalue weighted by atomic mass is 16.1. The van der Waals surface area contributed by atoms with Gasteiger partial charge in [0.1, 0.15) is 0 Å². The second-order valence-electron chi connectivity index (χ2n) is 6.77. The van der Waals surface area contributed by atoms with Gasteiger partial charge in [-0.2, -0.15) is 5.10 Å². The first-order valence-electron chi connectivity index (χ1n) is 8.86. The van der Waals surface area contributed by atoms with Crippen molar-refractivity contribution in [3.63, 3.8) is 0 Å². The van der Waals surface area contributed by atoms with Gasteiger partial charge in [-0.3, -0.25) is 4.79 Å². The molecular formula is C20H22N4O. The number of rotatable bonds is 3. The number of benzene rings is 1. The molecule has 1 aliphatic carbocycles. The minimum absolute atomic E-state index is 0.0479. The summed E-state index contributed by atoms with van der Waals surface area (Å²) in [4.78, 5) is 17.2. The van der Waals surface area contributed by atoms with Crippen molar-refractivity contribution in [1.29, 1.82) is 0 Å². The maximum Gasteiger partial charge on any atom is 0.254 e. The molecule has 1 amide bonds. The van der Waals surface area contributed by atoms with Crippen molar-refractivity contribution >= 4 is 11.6 Å². The Kier molecular flexibility index (Phi) is 3.99. The average molecular weight is 334 g/mol. The van der Waals surface area contributed by atoms with Crippen molar-refractivity contribution in [2.75, 3.05) is 0 Å². The molecule has 2 aromatic heterocycles. The van der Waals surface area contributed by atoms with E-state index in [0.717, 1.165) is 41.0 Å². The Hall–Kier alpha value is -2.69. The van der Waals surface area contributed by atoms with E-state index < -0.39 is 0 Å². The molecule has 0 bridgehead atoms. The van der Waals surface area contributed by atoms with Gasteiger partial charge in [0, 0.05) is 17.8 Å². The fraction of sp³-hybridized carbons (Fsp3) is 0.350. The fourth-order valence-corrected chi connectivity index (χ4v) is 3.70. The lowest BCUT2D eigenvalue weighted by molar-refractivity contribution is 0.0936. The lowest BCUT2D eigenvalue weighted by Crippen LogP contribution is -2.33. The molecule has 1 saturated carbocycles. The molecule has 25 heavy (non-hydrogen) atoms. The zero-order valence-corrected chi connectivity index (χ0v) is 14.6. The van der Waals surface area contributed by atoms with Crippen molar-refractivity contribution in [1.82, 2.24) is 19.9 Å². The van der Waals surface area contributed by atoms with Gasteiger partial charge in [0.05, 0.1) is 17.0 Å². The molecule has 5 heteroatoms. The molecule has 0 atom stereocenters. The van der Waals surface area contributed by atoms with Crippen LogP contribution in [0.25, 0.3) is 16.8 Å². The summed E-state index contributed by atoms with van der Waals surface area (Å²) in [5.74, 6) is -0.0479. The highest BCUT2D eigenvalue weighted by Gasteiger charge is 2.22. The molecule has 0 saturated heterocycles. The molecule has 3 aromatic rings. The largest absolute Gasteiger partial charge is 0.349 e. The molecule has 0 radical (unpaired) electrons. The van der Waals surface area contributed by atoms with Crippen LogP contribution in [0.5, 0.6) is 0 Å². The molecule has 1 aromatic carbocycles. The number of nitrogens with one attached hydrogen (secondary N) is 1. The van der Waals surface area contributed by atoms with Crippen LogP contribution in [0, 0.1) is 13.8 Å². The van der Waals surface area contributed by atoms with E-state index in [4.69, 9.17) is 0 Å². The Morgan fingerprint density at radius 1 is 1.16 bits per heavy atom. The molecule has 128 valence electrons. The number of carbonyl (C=O) groups is 1.